The van der Waals surface area contributed by atoms with Crippen molar-refractivity contribution in [1.82, 2.24) is 20.4 Å². The Morgan fingerprint density at radius 2 is 1.88 bits per heavy atom. The molecule has 1 aromatic carbocycles. The van der Waals surface area contributed by atoms with Crippen LogP contribution < -0.4 is 5.32 Å². The van der Waals surface area contributed by atoms with Crippen molar-refractivity contribution < 1.29 is 14.1 Å². The van der Waals surface area contributed by atoms with E-state index in [9.17, 15) is 4.79 Å². The maximum absolute atomic E-state index is 12.5. The summed E-state index contributed by atoms with van der Waals surface area (Å²) in [6.45, 7) is 3.74. The van der Waals surface area contributed by atoms with E-state index < -0.39 is 0 Å². The Kier molecular flexibility index (Phi) is 8.54. The summed E-state index contributed by atoms with van der Waals surface area (Å²) in [4.78, 5) is 19.3. The van der Waals surface area contributed by atoms with Crippen LogP contribution in [0.3, 0.4) is 0 Å². The minimum atomic E-state index is 0.0813. The number of ether oxygens (including phenoxy) is 1. The van der Waals surface area contributed by atoms with Crippen molar-refractivity contribution >= 4 is 17.5 Å². The molecule has 8 heteroatoms. The van der Waals surface area contributed by atoms with Gasteiger partial charge in [-0.25, -0.2) is 0 Å². The van der Waals surface area contributed by atoms with Crippen molar-refractivity contribution in [1.29, 1.82) is 0 Å². The lowest BCUT2D eigenvalue weighted by atomic mass is 9.96. The quantitative estimate of drug-likeness (QED) is 0.556. The summed E-state index contributed by atoms with van der Waals surface area (Å²) in [5.74, 6) is 1.41. The van der Waals surface area contributed by atoms with Crippen LogP contribution in [0, 0.1) is 5.92 Å². The van der Waals surface area contributed by atoms with E-state index in [2.05, 4.69) is 20.4 Å². The molecule has 2 heterocycles. The largest absolute Gasteiger partial charge is 0.378 e. The lowest BCUT2D eigenvalue weighted by molar-refractivity contribution is -0.126. The third-order valence-electron chi connectivity index (χ3n) is 6.41. The predicted molar refractivity (Wildman–Crippen MR) is 123 cm³/mol. The Labute approximate surface area is 194 Å². The van der Waals surface area contributed by atoms with Gasteiger partial charge in [-0.15, -0.1) is 0 Å². The molecule has 1 saturated heterocycles. The van der Waals surface area contributed by atoms with Gasteiger partial charge >= 0.3 is 0 Å². The van der Waals surface area contributed by atoms with Gasteiger partial charge in [-0.3, -0.25) is 9.69 Å². The van der Waals surface area contributed by atoms with Crippen LogP contribution in [-0.4, -0.2) is 53.3 Å². The molecule has 0 unspecified atom stereocenters. The number of halogens is 1. The predicted octanol–water partition coefficient (Wildman–Crippen LogP) is 4.46. The summed E-state index contributed by atoms with van der Waals surface area (Å²) in [6, 6.07) is 7.38. The molecule has 1 aromatic heterocycles. The fourth-order valence-corrected chi connectivity index (χ4v) is 4.62. The van der Waals surface area contributed by atoms with Gasteiger partial charge in [0.1, 0.15) is 0 Å². The van der Waals surface area contributed by atoms with Gasteiger partial charge in [0.2, 0.25) is 17.6 Å². The third-order valence-corrected chi connectivity index (χ3v) is 6.67. The van der Waals surface area contributed by atoms with E-state index in [0.29, 0.717) is 35.9 Å². The minimum Gasteiger partial charge on any atom is -0.378 e. The molecular weight excluding hydrogens is 428 g/mol. The van der Waals surface area contributed by atoms with Gasteiger partial charge in [0, 0.05) is 29.7 Å². The Balaban J connectivity index is 1.12. The zero-order chi connectivity index (χ0) is 22.2. The second-order valence-electron chi connectivity index (χ2n) is 8.84. The maximum atomic E-state index is 12.5. The van der Waals surface area contributed by atoms with Crippen LogP contribution in [0.2, 0.25) is 5.02 Å². The molecule has 2 aromatic rings. The van der Waals surface area contributed by atoms with Crippen LogP contribution in [0.4, 0.5) is 0 Å². The van der Waals surface area contributed by atoms with Crippen molar-refractivity contribution in [2.45, 2.75) is 64.0 Å². The number of carbonyl (C=O) groups excluding carboxylic acids is 1. The number of aromatic nitrogens is 2. The van der Waals surface area contributed by atoms with Crippen LogP contribution in [0.5, 0.6) is 0 Å². The molecule has 1 aliphatic heterocycles. The number of nitrogens with zero attached hydrogens (tertiary/aromatic N) is 3. The van der Waals surface area contributed by atoms with Gasteiger partial charge in [-0.1, -0.05) is 36.0 Å². The molecule has 174 valence electrons. The fraction of sp³-hybridized carbons (Fsp3) is 0.625. The summed E-state index contributed by atoms with van der Waals surface area (Å²) in [5, 5.41) is 7.84. The first-order valence-corrected chi connectivity index (χ1v) is 12.3. The number of hydrogen-bond donors (Lipinski definition) is 1. The lowest BCUT2D eigenvalue weighted by Gasteiger charge is -2.30. The second-order valence-corrected chi connectivity index (χ2v) is 9.28. The van der Waals surface area contributed by atoms with Crippen molar-refractivity contribution in [2.24, 2.45) is 5.92 Å². The average molecular weight is 461 g/mol. The van der Waals surface area contributed by atoms with Gasteiger partial charge in [-0.2, -0.15) is 4.98 Å². The molecule has 1 amide bonds. The average Bonchev–Trinajstić information content (AvgIpc) is 3.29. The molecule has 7 nitrogen and oxygen atoms in total. The van der Waals surface area contributed by atoms with E-state index in [-0.39, 0.29) is 11.8 Å². The van der Waals surface area contributed by atoms with E-state index >= 15 is 0 Å². The topological polar surface area (TPSA) is 80.5 Å². The smallest absolute Gasteiger partial charge is 0.241 e. The fourth-order valence-electron chi connectivity index (χ4n) is 4.49. The van der Waals surface area contributed by atoms with Crippen LogP contribution in [-0.2, 0) is 16.1 Å². The number of nitrogens with one attached hydrogen (secondary N) is 1. The highest BCUT2D eigenvalue weighted by Gasteiger charge is 2.26. The van der Waals surface area contributed by atoms with Crippen LogP contribution in [0.1, 0.15) is 57.3 Å². The Hall–Kier alpha value is -1.96. The van der Waals surface area contributed by atoms with Crippen LogP contribution in [0.25, 0.3) is 11.4 Å². The molecule has 2 aliphatic rings. The summed E-state index contributed by atoms with van der Waals surface area (Å²) in [6.07, 6.45) is 9.32. The number of likely N-dealkylation sites (tertiary alicyclic amines) is 1. The number of amides is 1. The van der Waals surface area contributed by atoms with E-state index in [4.69, 9.17) is 20.9 Å². The summed E-state index contributed by atoms with van der Waals surface area (Å²) in [7, 11) is 0. The SMILES string of the molecule is O=C(NCCCOC1CCCCC1)C1CCN(Cc2nc(-c3ccc(Cl)cc3)no2)CC1. The standard InChI is InChI=1S/C24H33ClN4O3/c25-20-9-7-18(8-10-20)23-27-22(32-28-23)17-29-14-11-19(12-15-29)24(30)26-13-4-16-31-21-5-2-1-3-6-21/h7-10,19,21H,1-6,11-17H2,(H,26,30). The Morgan fingerprint density at radius 3 is 2.62 bits per heavy atom. The molecule has 4 rings (SSSR count). The highest BCUT2D eigenvalue weighted by Crippen LogP contribution is 2.22. The number of piperidine rings is 1. The van der Waals surface area contributed by atoms with Gasteiger partial charge in [0.05, 0.1) is 12.6 Å². The number of rotatable bonds is 9. The van der Waals surface area contributed by atoms with Gasteiger partial charge in [0.15, 0.2) is 0 Å². The lowest BCUT2D eigenvalue weighted by Crippen LogP contribution is -2.40. The van der Waals surface area contributed by atoms with Crippen molar-refractivity contribution in [3.05, 3.63) is 35.2 Å². The number of carbonyl (C=O) groups is 1. The van der Waals surface area contributed by atoms with Gasteiger partial charge < -0.3 is 14.6 Å². The maximum Gasteiger partial charge on any atom is 0.241 e. The van der Waals surface area contributed by atoms with Crippen molar-refractivity contribution in [2.75, 3.05) is 26.2 Å². The Bertz CT molecular complexity index is 843. The molecule has 32 heavy (non-hydrogen) atoms. The molecular formula is C24H33ClN4O3. The zero-order valence-electron chi connectivity index (χ0n) is 18.6. The molecule has 1 N–H and O–H groups in total. The molecule has 1 aliphatic carbocycles. The zero-order valence-corrected chi connectivity index (χ0v) is 19.4. The van der Waals surface area contributed by atoms with E-state index in [1.165, 1.54) is 32.1 Å². The van der Waals surface area contributed by atoms with E-state index in [1.54, 1.807) is 0 Å². The van der Waals surface area contributed by atoms with E-state index in [1.807, 2.05) is 24.3 Å². The molecule has 0 bridgehead atoms. The minimum absolute atomic E-state index is 0.0813. The van der Waals surface area contributed by atoms with E-state index in [0.717, 1.165) is 44.5 Å². The molecule has 0 atom stereocenters. The molecule has 1 saturated carbocycles. The Morgan fingerprint density at radius 1 is 1.12 bits per heavy atom. The summed E-state index contributed by atoms with van der Waals surface area (Å²) < 4.78 is 11.4. The van der Waals surface area contributed by atoms with Crippen molar-refractivity contribution in [3.63, 3.8) is 0 Å². The number of hydrogen-bond acceptors (Lipinski definition) is 6. The van der Waals surface area contributed by atoms with Gasteiger partial charge in [-0.05, 0) is 69.5 Å². The first kappa shape index (κ1) is 23.2. The molecule has 2 fully saturated rings. The first-order valence-electron chi connectivity index (χ1n) is 11.9. The molecule has 0 spiro atoms. The highest BCUT2D eigenvalue weighted by atomic mass is 35.5. The van der Waals surface area contributed by atoms with Crippen LogP contribution in [0.15, 0.2) is 28.8 Å². The summed E-state index contributed by atoms with van der Waals surface area (Å²) >= 11 is 5.93. The first-order chi connectivity index (χ1) is 15.7. The normalized spacial score (nSPS) is 18.7. The summed E-state index contributed by atoms with van der Waals surface area (Å²) in [5.41, 5.74) is 0.879. The monoisotopic (exact) mass is 460 g/mol. The second kappa shape index (κ2) is 11.8. The van der Waals surface area contributed by atoms with Crippen molar-refractivity contribution in [3.8, 4) is 11.4 Å². The number of benzene rings is 1. The molecule has 0 radical (unpaired) electrons. The third kappa shape index (κ3) is 6.77. The highest BCUT2D eigenvalue weighted by molar-refractivity contribution is 6.30. The van der Waals surface area contributed by atoms with Crippen LogP contribution >= 0.6 is 11.6 Å². The van der Waals surface area contributed by atoms with Gasteiger partial charge in [0.25, 0.3) is 0 Å².